The Balaban J connectivity index is 2.00. The SMILES string of the molecule is CCCOc1cc(-c2nc(NC(=O)CCl)sc2C)cc2c1OC(C)(C)C2. The number of nitrogens with one attached hydrogen (secondary N) is 1. The van der Waals surface area contributed by atoms with Crippen molar-refractivity contribution in [1.29, 1.82) is 0 Å². The second-order valence-electron chi connectivity index (χ2n) is 6.96. The lowest BCUT2D eigenvalue weighted by molar-refractivity contribution is -0.113. The highest BCUT2D eigenvalue weighted by Gasteiger charge is 2.33. The molecule has 1 N–H and O–H groups in total. The summed E-state index contributed by atoms with van der Waals surface area (Å²) in [6, 6.07) is 4.09. The Hall–Kier alpha value is -1.79. The predicted octanol–water partition coefficient (Wildman–Crippen LogP) is 4.80. The van der Waals surface area contributed by atoms with Crippen molar-refractivity contribution in [3.05, 3.63) is 22.6 Å². The first kappa shape index (κ1) is 19.0. The average molecular weight is 395 g/mol. The monoisotopic (exact) mass is 394 g/mol. The molecule has 0 atom stereocenters. The van der Waals surface area contributed by atoms with Gasteiger partial charge in [-0.1, -0.05) is 6.92 Å². The number of carbonyl (C=O) groups is 1. The van der Waals surface area contributed by atoms with E-state index in [0.29, 0.717) is 11.7 Å². The van der Waals surface area contributed by atoms with Crippen LogP contribution < -0.4 is 14.8 Å². The molecule has 140 valence electrons. The summed E-state index contributed by atoms with van der Waals surface area (Å²) < 4.78 is 12.0. The van der Waals surface area contributed by atoms with Gasteiger partial charge in [0.05, 0.1) is 12.3 Å². The molecule has 0 radical (unpaired) electrons. The molecule has 5 nitrogen and oxygen atoms in total. The van der Waals surface area contributed by atoms with E-state index in [1.54, 1.807) is 0 Å². The molecule has 0 spiro atoms. The molecule has 0 saturated heterocycles. The quantitative estimate of drug-likeness (QED) is 0.715. The van der Waals surface area contributed by atoms with E-state index in [2.05, 4.69) is 37.1 Å². The lowest BCUT2D eigenvalue weighted by atomic mass is 9.99. The van der Waals surface area contributed by atoms with Crippen LogP contribution in [0.15, 0.2) is 12.1 Å². The number of anilines is 1. The van der Waals surface area contributed by atoms with Gasteiger partial charge in [0.25, 0.3) is 0 Å². The highest BCUT2D eigenvalue weighted by Crippen LogP contribution is 2.45. The Bertz CT molecular complexity index is 832. The van der Waals surface area contributed by atoms with E-state index < -0.39 is 0 Å². The summed E-state index contributed by atoms with van der Waals surface area (Å²) in [5.41, 5.74) is 2.68. The third-order valence-corrected chi connectivity index (χ3v) is 5.15. The van der Waals surface area contributed by atoms with Crippen LogP contribution in [0.1, 0.15) is 37.6 Å². The van der Waals surface area contributed by atoms with Crippen LogP contribution in [0, 0.1) is 6.92 Å². The fourth-order valence-electron chi connectivity index (χ4n) is 3.00. The predicted molar refractivity (Wildman–Crippen MR) is 106 cm³/mol. The Kier molecular flexibility index (Phi) is 5.44. The fourth-order valence-corrected chi connectivity index (χ4v) is 3.92. The number of hydrogen-bond donors (Lipinski definition) is 1. The average Bonchev–Trinajstić information content (AvgIpc) is 3.09. The summed E-state index contributed by atoms with van der Waals surface area (Å²) in [6.07, 6.45) is 1.74. The standard InChI is InChI=1S/C19H23ClN2O3S/c1-5-6-24-14-8-12(7-13-9-19(3,4)25-17(13)14)16-11(2)26-18(22-16)21-15(23)10-20/h7-8H,5-6,9-10H2,1-4H3,(H,21,22,23). The largest absolute Gasteiger partial charge is 0.490 e. The summed E-state index contributed by atoms with van der Waals surface area (Å²) in [4.78, 5) is 17.1. The molecule has 1 amide bonds. The molecule has 0 aliphatic carbocycles. The van der Waals surface area contributed by atoms with Crippen molar-refractivity contribution in [2.24, 2.45) is 0 Å². The number of amides is 1. The van der Waals surface area contributed by atoms with Gasteiger partial charge in [0.1, 0.15) is 11.5 Å². The molecule has 26 heavy (non-hydrogen) atoms. The summed E-state index contributed by atoms with van der Waals surface area (Å²) in [5.74, 6) is 1.23. The van der Waals surface area contributed by atoms with Gasteiger partial charge in [0.15, 0.2) is 16.6 Å². The second kappa shape index (κ2) is 7.45. The van der Waals surface area contributed by atoms with Crippen LogP contribution in [0.3, 0.4) is 0 Å². The molecule has 0 unspecified atom stereocenters. The van der Waals surface area contributed by atoms with Crippen LogP contribution in [0.5, 0.6) is 11.5 Å². The van der Waals surface area contributed by atoms with Gasteiger partial charge in [0, 0.05) is 22.4 Å². The number of rotatable bonds is 6. The Morgan fingerprint density at radius 1 is 1.46 bits per heavy atom. The molecule has 2 aromatic rings. The first-order valence-electron chi connectivity index (χ1n) is 8.65. The number of fused-ring (bicyclic) bond motifs is 1. The van der Waals surface area contributed by atoms with E-state index in [4.69, 9.17) is 21.1 Å². The Morgan fingerprint density at radius 2 is 2.23 bits per heavy atom. The highest BCUT2D eigenvalue weighted by molar-refractivity contribution is 7.16. The molecule has 2 heterocycles. The third-order valence-electron chi connectivity index (χ3n) is 4.03. The smallest absolute Gasteiger partial charge is 0.241 e. The molecule has 1 aliphatic rings. The van der Waals surface area contributed by atoms with E-state index in [1.807, 2.05) is 13.0 Å². The molecule has 0 fully saturated rings. The molecule has 1 aliphatic heterocycles. The molecule has 0 bridgehead atoms. The summed E-state index contributed by atoms with van der Waals surface area (Å²) in [6.45, 7) is 8.84. The summed E-state index contributed by atoms with van der Waals surface area (Å²) in [5, 5.41) is 3.27. The minimum atomic E-state index is -0.261. The van der Waals surface area contributed by atoms with Crippen molar-refractivity contribution in [3.8, 4) is 22.8 Å². The van der Waals surface area contributed by atoms with Gasteiger partial charge in [-0.15, -0.1) is 22.9 Å². The molecular formula is C19H23ClN2O3S. The zero-order chi connectivity index (χ0) is 18.9. The van der Waals surface area contributed by atoms with Crippen LogP contribution in [0.2, 0.25) is 0 Å². The van der Waals surface area contributed by atoms with Crippen LogP contribution >= 0.6 is 22.9 Å². The fraction of sp³-hybridized carbons (Fsp3) is 0.474. The number of aryl methyl sites for hydroxylation is 1. The first-order valence-corrected chi connectivity index (χ1v) is 10.0. The minimum absolute atomic E-state index is 0.0891. The first-order chi connectivity index (χ1) is 12.3. The molecule has 3 rings (SSSR count). The molecular weight excluding hydrogens is 372 g/mol. The van der Waals surface area contributed by atoms with Crippen LogP contribution in [-0.4, -0.2) is 29.0 Å². The van der Waals surface area contributed by atoms with Crippen molar-refractivity contribution in [3.63, 3.8) is 0 Å². The topological polar surface area (TPSA) is 60.5 Å². The summed E-state index contributed by atoms with van der Waals surface area (Å²) >= 11 is 7.00. The minimum Gasteiger partial charge on any atom is -0.490 e. The van der Waals surface area contributed by atoms with E-state index in [0.717, 1.165) is 46.0 Å². The van der Waals surface area contributed by atoms with Gasteiger partial charge in [-0.05, 0) is 39.3 Å². The molecule has 7 heteroatoms. The Labute approximate surface area is 162 Å². The van der Waals surface area contributed by atoms with Gasteiger partial charge in [-0.2, -0.15) is 0 Å². The van der Waals surface area contributed by atoms with Crippen molar-refractivity contribution in [2.45, 2.75) is 46.1 Å². The van der Waals surface area contributed by atoms with Crippen molar-refractivity contribution in [1.82, 2.24) is 4.98 Å². The normalized spacial score (nSPS) is 14.7. The zero-order valence-electron chi connectivity index (χ0n) is 15.4. The number of alkyl halides is 1. The van der Waals surface area contributed by atoms with Crippen LogP contribution in [-0.2, 0) is 11.2 Å². The van der Waals surface area contributed by atoms with Gasteiger partial charge in [0.2, 0.25) is 5.91 Å². The highest BCUT2D eigenvalue weighted by atomic mass is 35.5. The third kappa shape index (κ3) is 3.96. The number of halogens is 1. The van der Waals surface area contributed by atoms with Gasteiger partial charge < -0.3 is 14.8 Å². The maximum atomic E-state index is 11.5. The number of ether oxygens (including phenoxy) is 2. The maximum Gasteiger partial charge on any atom is 0.241 e. The van der Waals surface area contributed by atoms with Gasteiger partial charge in [-0.25, -0.2) is 4.98 Å². The number of hydrogen-bond acceptors (Lipinski definition) is 5. The number of aromatic nitrogens is 1. The number of carbonyl (C=O) groups excluding carboxylic acids is 1. The van der Waals surface area contributed by atoms with Gasteiger partial charge in [-0.3, -0.25) is 4.79 Å². The zero-order valence-corrected chi connectivity index (χ0v) is 17.0. The van der Waals surface area contributed by atoms with E-state index >= 15 is 0 Å². The van der Waals surface area contributed by atoms with Crippen LogP contribution in [0.4, 0.5) is 5.13 Å². The maximum absolute atomic E-state index is 11.5. The van der Waals surface area contributed by atoms with Crippen LogP contribution in [0.25, 0.3) is 11.3 Å². The van der Waals surface area contributed by atoms with Crippen molar-refractivity contribution in [2.75, 3.05) is 17.8 Å². The second-order valence-corrected chi connectivity index (χ2v) is 8.43. The lowest BCUT2D eigenvalue weighted by Crippen LogP contribution is -2.24. The Morgan fingerprint density at radius 3 is 2.92 bits per heavy atom. The van der Waals surface area contributed by atoms with Gasteiger partial charge >= 0.3 is 0 Å². The summed E-state index contributed by atoms with van der Waals surface area (Å²) in [7, 11) is 0. The van der Waals surface area contributed by atoms with Crippen molar-refractivity contribution < 1.29 is 14.3 Å². The number of nitrogens with zero attached hydrogens (tertiary/aromatic N) is 1. The number of thiazole rings is 1. The van der Waals surface area contributed by atoms with E-state index in [1.165, 1.54) is 11.3 Å². The molecule has 0 saturated carbocycles. The molecule has 1 aromatic carbocycles. The van der Waals surface area contributed by atoms with E-state index in [9.17, 15) is 4.79 Å². The van der Waals surface area contributed by atoms with E-state index in [-0.39, 0.29) is 17.4 Å². The number of benzene rings is 1. The molecule has 1 aromatic heterocycles. The van der Waals surface area contributed by atoms with Crippen molar-refractivity contribution >= 4 is 34.0 Å². The lowest BCUT2D eigenvalue weighted by Gasteiger charge is -2.18.